The predicted octanol–water partition coefficient (Wildman–Crippen LogP) is 2.96. The van der Waals surface area contributed by atoms with E-state index >= 15 is 0 Å². The van der Waals surface area contributed by atoms with Gasteiger partial charge in [-0.05, 0) is 18.4 Å². The highest BCUT2D eigenvalue weighted by Crippen LogP contribution is 2.31. The third kappa shape index (κ3) is 4.00. The van der Waals surface area contributed by atoms with Crippen LogP contribution in [-0.2, 0) is 5.75 Å². The van der Waals surface area contributed by atoms with Crippen molar-refractivity contribution < 1.29 is 5.11 Å². The average Bonchev–Trinajstić information content (AvgIpc) is 3.03. The number of hydrogen-bond donors (Lipinski definition) is 1. The van der Waals surface area contributed by atoms with Crippen molar-refractivity contribution >= 4 is 46.2 Å². The number of rotatable bonds is 4. The minimum absolute atomic E-state index is 0.0930. The van der Waals surface area contributed by atoms with Crippen LogP contribution in [0.1, 0.15) is 9.75 Å². The lowest BCUT2D eigenvalue weighted by Crippen LogP contribution is -1.74. The van der Waals surface area contributed by atoms with Crippen molar-refractivity contribution in [1.82, 2.24) is 10.2 Å². The fraction of sp³-hybridized carbons (Fsp3) is 0.273. The first-order valence-electron chi connectivity index (χ1n) is 5.00. The molecule has 0 fully saturated rings. The van der Waals surface area contributed by atoms with Crippen molar-refractivity contribution in [2.24, 2.45) is 0 Å². The van der Waals surface area contributed by atoms with E-state index in [2.05, 4.69) is 28.1 Å². The first-order valence-corrected chi connectivity index (χ1v) is 8.85. The lowest BCUT2D eigenvalue weighted by molar-refractivity contribution is 0.350. The monoisotopic (exact) mass is 314 g/mol. The Kier molecular flexibility index (Phi) is 5.53. The Morgan fingerprint density at radius 2 is 2.11 bits per heavy atom. The van der Waals surface area contributed by atoms with E-state index in [4.69, 9.17) is 5.11 Å². The summed E-state index contributed by atoms with van der Waals surface area (Å²) in [6.07, 6.45) is 2.00. The second-order valence-electron chi connectivity index (χ2n) is 3.05. The molecule has 2 rings (SSSR count). The van der Waals surface area contributed by atoms with Gasteiger partial charge in [-0.1, -0.05) is 46.7 Å². The zero-order valence-corrected chi connectivity index (χ0v) is 12.8. The molecule has 0 aromatic carbocycles. The number of aliphatic hydroxyl groups is 1. The quantitative estimate of drug-likeness (QED) is 0.694. The maximum atomic E-state index is 8.62. The zero-order valence-electron chi connectivity index (χ0n) is 9.54. The Morgan fingerprint density at radius 1 is 1.28 bits per heavy atom. The fourth-order valence-electron chi connectivity index (χ4n) is 1.12. The van der Waals surface area contributed by atoms with Gasteiger partial charge in [0, 0.05) is 10.6 Å². The summed E-state index contributed by atoms with van der Waals surface area (Å²) in [6, 6.07) is 4.05. The molecule has 94 valence electrons. The molecule has 0 aliphatic rings. The zero-order chi connectivity index (χ0) is 12.8. The van der Waals surface area contributed by atoms with E-state index < -0.39 is 0 Å². The third-order valence-electron chi connectivity index (χ3n) is 1.85. The van der Waals surface area contributed by atoms with E-state index in [0.29, 0.717) is 0 Å². The second kappa shape index (κ2) is 7.16. The van der Waals surface area contributed by atoms with Gasteiger partial charge in [0.25, 0.3) is 0 Å². The van der Waals surface area contributed by atoms with Gasteiger partial charge in [0.1, 0.15) is 6.61 Å². The van der Waals surface area contributed by atoms with Gasteiger partial charge in [0.2, 0.25) is 0 Å². The van der Waals surface area contributed by atoms with E-state index in [1.54, 1.807) is 46.2 Å². The Hall–Kier alpha value is -0.520. The Bertz CT molecular complexity index is 567. The predicted molar refractivity (Wildman–Crippen MR) is 79.5 cm³/mol. The highest BCUT2D eigenvalue weighted by atomic mass is 32.2. The molecule has 0 saturated carbocycles. The van der Waals surface area contributed by atoms with Gasteiger partial charge in [-0.25, -0.2) is 0 Å². The van der Waals surface area contributed by atoms with Gasteiger partial charge in [-0.2, -0.15) is 0 Å². The molecule has 2 aromatic rings. The molecule has 1 N–H and O–H groups in total. The Balaban J connectivity index is 1.91. The van der Waals surface area contributed by atoms with Crippen LogP contribution >= 0.6 is 46.2 Å². The van der Waals surface area contributed by atoms with Gasteiger partial charge in [-0.3, -0.25) is 0 Å². The minimum Gasteiger partial charge on any atom is -0.384 e. The molecular weight excluding hydrogens is 304 g/mol. The SMILES string of the molecule is CSc1nnc(SCc2ccc(C#CCO)s2)s1. The van der Waals surface area contributed by atoms with E-state index in [9.17, 15) is 0 Å². The first kappa shape index (κ1) is 13.9. The maximum Gasteiger partial charge on any atom is 0.175 e. The topological polar surface area (TPSA) is 46.0 Å². The molecule has 0 atom stereocenters. The third-order valence-corrected chi connectivity index (χ3v) is 6.12. The minimum atomic E-state index is -0.0930. The lowest BCUT2D eigenvalue weighted by Gasteiger charge is -1.91. The van der Waals surface area contributed by atoms with Crippen LogP contribution in [0.25, 0.3) is 0 Å². The summed E-state index contributed by atoms with van der Waals surface area (Å²) in [5.74, 6) is 6.44. The summed E-state index contributed by atoms with van der Waals surface area (Å²) in [5.41, 5.74) is 0. The van der Waals surface area contributed by atoms with E-state index in [-0.39, 0.29) is 6.61 Å². The molecule has 0 amide bonds. The maximum absolute atomic E-state index is 8.62. The Labute approximate surface area is 122 Å². The summed E-state index contributed by atoms with van der Waals surface area (Å²) in [7, 11) is 0. The molecule has 0 aliphatic carbocycles. The Morgan fingerprint density at radius 3 is 2.83 bits per heavy atom. The van der Waals surface area contributed by atoms with Crippen LogP contribution in [0.5, 0.6) is 0 Å². The molecule has 7 heteroatoms. The summed E-state index contributed by atoms with van der Waals surface area (Å²) in [4.78, 5) is 2.24. The van der Waals surface area contributed by atoms with Crippen LogP contribution in [0.2, 0.25) is 0 Å². The van der Waals surface area contributed by atoms with Crippen LogP contribution in [-0.4, -0.2) is 28.2 Å². The number of thioether (sulfide) groups is 2. The van der Waals surface area contributed by atoms with Crippen LogP contribution in [0.15, 0.2) is 20.8 Å². The molecule has 0 saturated heterocycles. The molecule has 2 heterocycles. The number of hydrogen-bond acceptors (Lipinski definition) is 7. The van der Waals surface area contributed by atoms with Gasteiger partial charge < -0.3 is 5.11 Å². The molecule has 18 heavy (non-hydrogen) atoms. The van der Waals surface area contributed by atoms with E-state index in [1.807, 2.05) is 12.3 Å². The molecule has 0 aliphatic heterocycles. The van der Waals surface area contributed by atoms with Crippen molar-refractivity contribution in [3.05, 3.63) is 21.9 Å². The molecule has 2 aromatic heterocycles. The molecule has 3 nitrogen and oxygen atoms in total. The highest BCUT2D eigenvalue weighted by Gasteiger charge is 2.05. The summed E-state index contributed by atoms with van der Waals surface area (Å²) in [5, 5.41) is 16.8. The number of nitrogens with zero attached hydrogens (tertiary/aromatic N) is 2. The first-order chi connectivity index (χ1) is 8.81. The molecule has 0 bridgehead atoms. The highest BCUT2D eigenvalue weighted by molar-refractivity contribution is 8.02. The molecular formula is C11H10N2OS4. The van der Waals surface area contributed by atoms with Gasteiger partial charge >= 0.3 is 0 Å². The van der Waals surface area contributed by atoms with Crippen molar-refractivity contribution in [1.29, 1.82) is 0 Å². The van der Waals surface area contributed by atoms with Crippen LogP contribution in [0, 0.1) is 11.8 Å². The summed E-state index contributed by atoms with van der Waals surface area (Å²) < 4.78 is 1.99. The lowest BCUT2D eigenvalue weighted by atomic mass is 10.4. The standard InChI is InChI=1S/C11H10N2OS4/c1-15-10-12-13-11(18-10)16-7-9-5-4-8(17-9)3-2-6-14/h4-5,14H,6-7H2,1H3. The van der Waals surface area contributed by atoms with E-state index in [0.717, 1.165) is 19.3 Å². The van der Waals surface area contributed by atoms with Gasteiger partial charge in [0.15, 0.2) is 8.68 Å². The van der Waals surface area contributed by atoms with Crippen molar-refractivity contribution in [3.63, 3.8) is 0 Å². The number of aromatic nitrogens is 2. The fourth-order valence-corrected chi connectivity index (χ4v) is 4.48. The van der Waals surface area contributed by atoms with Crippen molar-refractivity contribution in [2.45, 2.75) is 14.4 Å². The van der Waals surface area contributed by atoms with Crippen molar-refractivity contribution in [2.75, 3.05) is 12.9 Å². The van der Waals surface area contributed by atoms with Crippen LogP contribution in [0.3, 0.4) is 0 Å². The van der Waals surface area contributed by atoms with E-state index in [1.165, 1.54) is 4.88 Å². The van der Waals surface area contributed by atoms with Crippen LogP contribution < -0.4 is 0 Å². The molecule has 0 spiro atoms. The largest absolute Gasteiger partial charge is 0.384 e. The average molecular weight is 314 g/mol. The number of thiophene rings is 1. The van der Waals surface area contributed by atoms with Crippen LogP contribution in [0.4, 0.5) is 0 Å². The normalized spacial score (nSPS) is 10.1. The molecule has 0 radical (unpaired) electrons. The summed E-state index contributed by atoms with van der Waals surface area (Å²) >= 11 is 6.58. The van der Waals surface area contributed by atoms with Gasteiger partial charge in [-0.15, -0.1) is 21.5 Å². The van der Waals surface area contributed by atoms with Crippen molar-refractivity contribution in [3.8, 4) is 11.8 Å². The number of aliphatic hydroxyl groups excluding tert-OH is 1. The van der Waals surface area contributed by atoms with Gasteiger partial charge in [0.05, 0.1) is 4.88 Å². The molecule has 0 unspecified atom stereocenters. The summed E-state index contributed by atoms with van der Waals surface area (Å²) in [6.45, 7) is -0.0930. The smallest absolute Gasteiger partial charge is 0.175 e. The second-order valence-corrected chi connectivity index (χ2v) is 7.47.